The molecule has 2 aromatic rings. The van der Waals surface area contributed by atoms with Crippen molar-refractivity contribution in [2.75, 3.05) is 12.4 Å². The molecule has 0 bridgehead atoms. The van der Waals surface area contributed by atoms with Crippen LogP contribution in [-0.4, -0.2) is 52.0 Å². The van der Waals surface area contributed by atoms with Crippen molar-refractivity contribution in [1.29, 1.82) is 5.41 Å². The van der Waals surface area contributed by atoms with E-state index in [1.165, 1.54) is 25.4 Å². The first kappa shape index (κ1) is 26.3. The van der Waals surface area contributed by atoms with Gasteiger partial charge in [0.2, 0.25) is 11.8 Å². The number of allylic oxidation sites excluding steroid dienone is 1. The van der Waals surface area contributed by atoms with E-state index in [2.05, 4.69) is 26.0 Å². The number of amides is 2. The lowest BCUT2D eigenvalue weighted by Gasteiger charge is -2.28. The zero-order valence-electron chi connectivity index (χ0n) is 21.3. The highest BCUT2D eigenvalue weighted by atomic mass is 19.1. The van der Waals surface area contributed by atoms with E-state index in [1.54, 1.807) is 10.9 Å². The molecule has 4 rings (SSSR count). The fourth-order valence-corrected chi connectivity index (χ4v) is 4.71. The predicted molar refractivity (Wildman–Crippen MR) is 137 cm³/mol. The molecular weight excluding hydrogens is 477 g/mol. The molecule has 0 aliphatic heterocycles. The summed E-state index contributed by atoms with van der Waals surface area (Å²) in [5.74, 6) is -0.0253. The lowest BCUT2D eigenvalue weighted by Crippen LogP contribution is -2.51. The van der Waals surface area contributed by atoms with Crippen LogP contribution in [0.2, 0.25) is 0 Å². The first-order valence-corrected chi connectivity index (χ1v) is 12.6. The van der Waals surface area contributed by atoms with Crippen LogP contribution in [0.4, 0.5) is 10.1 Å². The van der Waals surface area contributed by atoms with Crippen LogP contribution in [0.15, 0.2) is 36.4 Å². The SMILES string of the molecule is COc1ncc(F)cc1Cn1cc(NC(=O)[C@@H](NC(=O)/C(=C/C=N)NC(C)C)C(C2CC2)C2CC2)cn1. The molecule has 198 valence electrons. The van der Waals surface area contributed by atoms with Gasteiger partial charge in [-0.15, -0.1) is 0 Å². The number of nitrogens with one attached hydrogen (secondary N) is 4. The van der Waals surface area contributed by atoms with Gasteiger partial charge in [-0.05, 0) is 69.4 Å². The summed E-state index contributed by atoms with van der Waals surface area (Å²) < 4.78 is 20.4. The number of halogens is 1. The second kappa shape index (κ2) is 11.5. The summed E-state index contributed by atoms with van der Waals surface area (Å²) >= 11 is 0. The normalized spacial score (nSPS) is 16.4. The van der Waals surface area contributed by atoms with Gasteiger partial charge in [0.05, 0.1) is 31.7 Å². The molecule has 0 spiro atoms. The van der Waals surface area contributed by atoms with E-state index in [0.29, 0.717) is 29.0 Å². The van der Waals surface area contributed by atoms with E-state index in [4.69, 9.17) is 10.1 Å². The van der Waals surface area contributed by atoms with Gasteiger partial charge in [0.1, 0.15) is 17.6 Å². The molecule has 0 unspecified atom stereocenters. The lowest BCUT2D eigenvalue weighted by atomic mass is 9.88. The number of methoxy groups -OCH3 is 1. The van der Waals surface area contributed by atoms with E-state index in [9.17, 15) is 14.0 Å². The topological polar surface area (TPSA) is 134 Å². The quantitative estimate of drug-likeness (QED) is 0.241. The highest BCUT2D eigenvalue weighted by molar-refractivity contribution is 6.02. The van der Waals surface area contributed by atoms with Crippen LogP contribution in [-0.2, 0) is 16.1 Å². The average molecular weight is 512 g/mol. The van der Waals surface area contributed by atoms with Crippen molar-refractivity contribution in [3.8, 4) is 5.88 Å². The van der Waals surface area contributed by atoms with Crippen molar-refractivity contribution in [1.82, 2.24) is 25.4 Å². The molecule has 0 aromatic carbocycles. The molecule has 2 aliphatic carbocycles. The van der Waals surface area contributed by atoms with Gasteiger partial charge in [-0.25, -0.2) is 9.37 Å². The maximum Gasteiger partial charge on any atom is 0.268 e. The summed E-state index contributed by atoms with van der Waals surface area (Å²) in [7, 11) is 1.46. The van der Waals surface area contributed by atoms with Gasteiger partial charge in [0.15, 0.2) is 0 Å². The number of pyridine rings is 1. The molecule has 2 heterocycles. The number of ether oxygens (including phenoxy) is 1. The minimum Gasteiger partial charge on any atom is -0.481 e. The second-order valence-electron chi connectivity index (χ2n) is 9.99. The van der Waals surface area contributed by atoms with Crippen molar-refractivity contribution >= 4 is 23.7 Å². The number of hydrogen-bond acceptors (Lipinski definition) is 7. The van der Waals surface area contributed by atoms with Gasteiger partial charge >= 0.3 is 0 Å². The molecule has 11 heteroatoms. The van der Waals surface area contributed by atoms with Crippen LogP contribution in [0.25, 0.3) is 0 Å². The number of carbonyl (C=O) groups is 2. The number of carbonyl (C=O) groups excluding carboxylic acids is 2. The summed E-state index contributed by atoms with van der Waals surface area (Å²) in [6.07, 6.45) is 10.9. The second-order valence-corrected chi connectivity index (χ2v) is 9.99. The molecule has 10 nitrogen and oxygen atoms in total. The Morgan fingerprint density at radius 1 is 1.22 bits per heavy atom. The van der Waals surface area contributed by atoms with E-state index < -0.39 is 17.8 Å². The van der Waals surface area contributed by atoms with Gasteiger partial charge in [-0.3, -0.25) is 14.3 Å². The summed E-state index contributed by atoms with van der Waals surface area (Å²) in [4.78, 5) is 30.6. The van der Waals surface area contributed by atoms with Crippen LogP contribution in [0, 0.1) is 29.0 Å². The first-order valence-electron chi connectivity index (χ1n) is 12.6. The lowest BCUT2D eigenvalue weighted by molar-refractivity contribution is -0.126. The van der Waals surface area contributed by atoms with E-state index in [0.717, 1.165) is 38.1 Å². The molecule has 2 fully saturated rings. The molecule has 4 N–H and O–H groups in total. The van der Waals surface area contributed by atoms with Crippen LogP contribution in [0.1, 0.15) is 45.1 Å². The third-order valence-electron chi connectivity index (χ3n) is 6.54. The van der Waals surface area contributed by atoms with Gasteiger partial charge in [0.25, 0.3) is 5.91 Å². The van der Waals surface area contributed by atoms with Crippen LogP contribution in [0.3, 0.4) is 0 Å². The molecule has 0 radical (unpaired) electrons. The Labute approximate surface area is 215 Å². The molecule has 2 amide bonds. The van der Waals surface area contributed by atoms with Gasteiger partial charge in [-0.1, -0.05) is 0 Å². The fraction of sp³-hybridized carbons (Fsp3) is 0.500. The van der Waals surface area contributed by atoms with E-state index in [1.807, 2.05) is 13.8 Å². The van der Waals surface area contributed by atoms with Gasteiger partial charge in [-0.2, -0.15) is 5.10 Å². The molecule has 37 heavy (non-hydrogen) atoms. The Kier molecular flexibility index (Phi) is 8.20. The number of anilines is 1. The Morgan fingerprint density at radius 2 is 1.92 bits per heavy atom. The minimum absolute atomic E-state index is 0.00959. The molecule has 2 aromatic heterocycles. The third kappa shape index (κ3) is 6.93. The molecular formula is C26H34FN7O3. The third-order valence-corrected chi connectivity index (χ3v) is 6.54. The highest BCUT2D eigenvalue weighted by Gasteiger charge is 2.48. The largest absolute Gasteiger partial charge is 0.481 e. The fourth-order valence-electron chi connectivity index (χ4n) is 4.71. The number of hydrogen-bond donors (Lipinski definition) is 4. The molecule has 0 saturated heterocycles. The summed E-state index contributed by atoms with van der Waals surface area (Å²) in [6, 6.07) is 0.605. The minimum atomic E-state index is -0.716. The Hall–Kier alpha value is -3.76. The van der Waals surface area contributed by atoms with Crippen LogP contribution < -0.4 is 20.7 Å². The molecule has 2 saturated carbocycles. The number of aromatic nitrogens is 3. The zero-order valence-corrected chi connectivity index (χ0v) is 21.3. The highest BCUT2D eigenvalue weighted by Crippen LogP contribution is 2.50. The predicted octanol–water partition coefficient (Wildman–Crippen LogP) is 2.87. The Bertz CT molecular complexity index is 1160. The van der Waals surface area contributed by atoms with Crippen LogP contribution in [0.5, 0.6) is 5.88 Å². The number of nitrogens with zero attached hydrogens (tertiary/aromatic N) is 3. The standard InChI is InChI=1S/C26H34FN7O3/c1-15(2)31-21(8-9-28)24(35)33-23(22(16-4-5-16)17-6-7-17)25(36)32-20-12-30-34(14-20)13-18-10-19(27)11-29-26(18)37-3/h8-12,14-17,22-23,28,31H,4-7,13H2,1-3H3,(H,32,36)(H,33,35)/b21-8-,28-9?/t23-/m0/s1. The smallest absolute Gasteiger partial charge is 0.268 e. The summed E-state index contributed by atoms with van der Waals surface area (Å²) in [5.41, 5.74) is 1.23. The van der Waals surface area contributed by atoms with Crippen LogP contribution >= 0.6 is 0 Å². The molecule has 2 aliphatic rings. The van der Waals surface area contributed by atoms with E-state index >= 15 is 0 Å². The van der Waals surface area contributed by atoms with Gasteiger partial charge < -0.3 is 26.1 Å². The van der Waals surface area contributed by atoms with Crippen molar-refractivity contribution < 1.29 is 18.7 Å². The van der Waals surface area contributed by atoms with Crippen molar-refractivity contribution in [2.45, 2.75) is 58.2 Å². The summed E-state index contributed by atoms with van der Waals surface area (Å²) in [6.45, 7) is 4.01. The first-order chi connectivity index (χ1) is 17.8. The Balaban J connectivity index is 1.50. The maximum absolute atomic E-state index is 13.7. The van der Waals surface area contributed by atoms with Crippen molar-refractivity contribution in [2.24, 2.45) is 17.8 Å². The Morgan fingerprint density at radius 3 is 2.51 bits per heavy atom. The zero-order chi connectivity index (χ0) is 26.5. The monoisotopic (exact) mass is 511 g/mol. The summed E-state index contributed by atoms with van der Waals surface area (Å²) in [5, 5.41) is 20.6. The number of rotatable bonds is 13. The van der Waals surface area contributed by atoms with E-state index in [-0.39, 0.29) is 30.1 Å². The van der Waals surface area contributed by atoms with Crippen molar-refractivity contribution in [3.05, 3.63) is 47.8 Å². The average Bonchev–Trinajstić information content (AvgIpc) is 3.79. The molecule has 1 atom stereocenters. The maximum atomic E-state index is 13.7. The van der Waals surface area contributed by atoms with Crippen molar-refractivity contribution in [3.63, 3.8) is 0 Å². The van der Waals surface area contributed by atoms with Gasteiger partial charge in [0, 0.05) is 24.0 Å².